The van der Waals surface area contributed by atoms with Crippen molar-refractivity contribution in [1.82, 2.24) is 4.57 Å². The molecule has 0 saturated heterocycles. The summed E-state index contributed by atoms with van der Waals surface area (Å²) < 4.78 is 29.0. The normalized spacial score (nSPS) is 10.9. The van der Waals surface area contributed by atoms with Crippen LogP contribution in [-0.2, 0) is 4.74 Å². The monoisotopic (exact) mass is 519 g/mol. The number of ether oxygens (including phenoxy) is 5. The Labute approximate surface area is 200 Å². The Morgan fingerprint density at radius 2 is 1.42 bits per heavy atom. The lowest BCUT2D eigenvalue weighted by atomic mass is 9.95. The standard InChI is InChI=1S/C24H26BrNO7/c1-12(2)26-21(24(28)33-7)20(13-8-16(25)22(32-6)19(9-13)31-5)14-10-17(29-3)18(30-4)11-15(14)23(26)27/h8-12H,1-7H3. The fraction of sp³-hybridized carbons (Fsp3) is 0.333. The average Bonchev–Trinajstić information content (AvgIpc) is 2.81. The van der Waals surface area contributed by atoms with Gasteiger partial charge in [0.1, 0.15) is 5.69 Å². The predicted octanol–water partition coefficient (Wildman–Crippen LogP) is 4.83. The van der Waals surface area contributed by atoms with Crippen LogP contribution in [-0.4, -0.2) is 46.1 Å². The molecule has 3 rings (SSSR count). The smallest absolute Gasteiger partial charge is 0.355 e. The van der Waals surface area contributed by atoms with Crippen LogP contribution in [0.1, 0.15) is 30.4 Å². The van der Waals surface area contributed by atoms with Crippen molar-refractivity contribution in [2.24, 2.45) is 0 Å². The highest BCUT2D eigenvalue weighted by Gasteiger charge is 2.27. The summed E-state index contributed by atoms with van der Waals surface area (Å²) in [6, 6.07) is 6.53. The summed E-state index contributed by atoms with van der Waals surface area (Å²) in [6.45, 7) is 3.66. The molecule has 9 heteroatoms. The molecule has 0 radical (unpaired) electrons. The van der Waals surface area contributed by atoms with E-state index in [9.17, 15) is 9.59 Å². The Bertz CT molecular complexity index is 1280. The summed E-state index contributed by atoms with van der Waals surface area (Å²) in [4.78, 5) is 26.6. The van der Waals surface area contributed by atoms with Gasteiger partial charge in [0.25, 0.3) is 5.56 Å². The summed E-state index contributed by atoms with van der Waals surface area (Å²) in [5.74, 6) is 1.14. The van der Waals surface area contributed by atoms with Gasteiger partial charge >= 0.3 is 5.97 Å². The molecule has 8 nitrogen and oxygen atoms in total. The maximum absolute atomic E-state index is 13.6. The molecule has 0 saturated carbocycles. The molecule has 0 aliphatic rings. The minimum atomic E-state index is -0.640. The number of hydrogen-bond donors (Lipinski definition) is 0. The van der Waals surface area contributed by atoms with Crippen LogP contribution in [0.25, 0.3) is 21.9 Å². The van der Waals surface area contributed by atoms with E-state index in [1.165, 1.54) is 40.1 Å². The first-order valence-electron chi connectivity index (χ1n) is 10.1. The van der Waals surface area contributed by atoms with Gasteiger partial charge in [0, 0.05) is 17.0 Å². The van der Waals surface area contributed by atoms with Crippen molar-refractivity contribution in [1.29, 1.82) is 0 Å². The summed E-state index contributed by atoms with van der Waals surface area (Å²) in [5.41, 5.74) is 0.889. The molecule has 0 aliphatic carbocycles. The van der Waals surface area contributed by atoms with E-state index >= 15 is 0 Å². The van der Waals surface area contributed by atoms with Gasteiger partial charge in [-0.25, -0.2) is 4.79 Å². The minimum Gasteiger partial charge on any atom is -0.493 e. The summed E-state index contributed by atoms with van der Waals surface area (Å²) >= 11 is 3.52. The van der Waals surface area contributed by atoms with E-state index in [0.717, 1.165) is 0 Å². The van der Waals surface area contributed by atoms with Crippen molar-refractivity contribution >= 4 is 32.7 Å². The van der Waals surface area contributed by atoms with Gasteiger partial charge in [0.15, 0.2) is 23.0 Å². The lowest BCUT2D eigenvalue weighted by Gasteiger charge is -2.22. The quantitative estimate of drug-likeness (QED) is 0.413. The molecule has 0 fully saturated rings. The fourth-order valence-electron chi connectivity index (χ4n) is 3.89. The first-order valence-corrected chi connectivity index (χ1v) is 10.9. The molecule has 1 heterocycles. The molecule has 0 N–H and O–H groups in total. The molecule has 0 bridgehead atoms. The Kier molecular flexibility index (Phi) is 7.22. The summed E-state index contributed by atoms with van der Waals surface area (Å²) in [5, 5.41) is 0.879. The lowest BCUT2D eigenvalue weighted by Crippen LogP contribution is -2.29. The number of pyridine rings is 1. The van der Waals surface area contributed by atoms with E-state index in [1.807, 2.05) is 13.8 Å². The molecule has 2 aromatic carbocycles. The largest absolute Gasteiger partial charge is 0.493 e. The molecule has 0 spiro atoms. The third-order valence-corrected chi connectivity index (χ3v) is 5.93. The van der Waals surface area contributed by atoms with Gasteiger partial charge in [-0.15, -0.1) is 0 Å². The van der Waals surface area contributed by atoms with Crippen LogP contribution in [0.2, 0.25) is 0 Å². The SMILES string of the molecule is COC(=O)c1c(-c2cc(Br)c(OC)c(OC)c2)c2cc(OC)c(OC)cc2c(=O)n1C(C)C. The van der Waals surface area contributed by atoms with Gasteiger partial charge in [-0.1, -0.05) is 0 Å². The number of nitrogens with zero attached hydrogens (tertiary/aromatic N) is 1. The number of aromatic nitrogens is 1. The zero-order chi connectivity index (χ0) is 24.4. The van der Waals surface area contributed by atoms with Crippen LogP contribution in [0.15, 0.2) is 33.5 Å². The van der Waals surface area contributed by atoms with E-state index in [0.29, 0.717) is 49.4 Å². The number of halogens is 1. The van der Waals surface area contributed by atoms with Crippen molar-refractivity contribution in [3.8, 4) is 34.1 Å². The van der Waals surface area contributed by atoms with E-state index in [1.54, 1.807) is 24.3 Å². The zero-order valence-electron chi connectivity index (χ0n) is 19.6. The number of carbonyl (C=O) groups excluding carboxylic acids is 1. The van der Waals surface area contributed by atoms with E-state index in [4.69, 9.17) is 23.7 Å². The summed E-state index contributed by atoms with van der Waals surface area (Å²) in [7, 11) is 7.35. The zero-order valence-corrected chi connectivity index (χ0v) is 21.2. The number of carbonyl (C=O) groups is 1. The molecule has 0 atom stereocenters. The van der Waals surface area contributed by atoms with Gasteiger partial charge in [0.05, 0.1) is 45.4 Å². The average molecular weight is 520 g/mol. The van der Waals surface area contributed by atoms with Crippen molar-refractivity contribution in [3.05, 3.63) is 44.8 Å². The first-order chi connectivity index (χ1) is 15.7. The molecular formula is C24H26BrNO7. The van der Waals surface area contributed by atoms with Gasteiger partial charge in [-0.3, -0.25) is 9.36 Å². The summed E-state index contributed by atoms with van der Waals surface area (Å²) in [6.07, 6.45) is 0. The van der Waals surface area contributed by atoms with Crippen molar-refractivity contribution in [2.45, 2.75) is 19.9 Å². The first kappa shape index (κ1) is 24.4. The maximum atomic E-state index is 13.6. The van der Waals surface area contributed by atoms with Crippen LogP contribution in [0, 0.1) is 0 Å². The molecule has 0 amide bonds. The molecule has 1 aromatic heterocycles. The predicted molar refractivity (Wildman–Crippen MR) is 129 cm³/mol. The minimum absolute atomic E-state index is 0.122. The molecule has 176 valence electrons. The van der Waals surface area contributed by atoms with E-state index in [-0.39, 0.29) is 17.3 Å². The maximum Gasteiger partial charge on any atom is 0.355 e. The van der Waals surface area contributed by atoms with Crippen LogP contribution in [0.4, 0.5) is 0 Å². The fourth-order valence-corrected chi connectivity index (χ4v) is 4.49. The highest BCUT2D eigenvalue weighted by atomic mass is 79.9. The number of fused-ring (bicyclic) bond motifs is 1. The third kappa shape index (κ3) is 4.13. The second-order valence-electron chi connectivity index (χ2n) is 7.43. The Hall–Kier alpha value is -3.20. The second kappa shape index (κ2) is 9.74. The van der Waals surface area contributed by atoms with Gasteiger partial charge in [-0.05, 0) is 59.6 Å². The second-order valence-corrected chi connectivity index (χ2v) is 8.28. The Balaban J connectivity index is 2.64. The third-order valence-electron chi connectivity index (χ3n) is 5.34. The molecule has 3 aromatic rings. The van der Waals surface area contributed by atoms with Crippen LogP contribution in [0.3, 0.4) is 0 Å². The highest BCUT2D eigenvalue weighted by molar-refractivity contribution is 9.10. The van der Waals surface area contributed by atoms with Gasteiger partial charge in [-0.2, -0.15) is 0 Å². The topological polar surface area (TPSA) is 85.2 Å². The Morgan fingerprint density at radius 3 is 1.91 bits per heavy atom. The van der Waals surface area contributed by atoms with Crippen molar-refractivity contribution < 1.29 is 28.5 Å². The van der Waals surface area contributed by atoms with E-state index < -0.39 is 5.97 Å². The van der Waals surface area contributed by atoms with Crippen LogP contribution < -0.4 is 24.5 Å². The van der Waals surface area contributed by atoms with Crippen molar-refractivity contribution in [3.63, 3.8) is 0 Å². The lowest BCUT2D eigenvalue weighted by molar-refractivity contribution is 0.0586. The number of benzene rings is 2. The van der Waals surface area contributed by atoms with Crippen LogP contribution >= 0.6 is 15.9 Å². The molecule has 0 unspecified atom stereocenters. The number of rotatable bonds is 7. The van der Waals surface area contributed by atoms with E-state index in [2.05, 4.69) is 15.9 Å². The van der Waals surface area contributed by atoms with Gasteiger partial charge < -0.3 is 23.7 Å². The van der Waals surface area contributed by atoms with Crippen LogP contribution in [0.5, 0.6) is 23.0 Å². The molecule has 0 aliphatic heterocycles. The number of methoxy groups -OCH3 is 5. The number of hydrogen-bond acceptors (Lipinski definition) is 7. The molecule has 33 heavy (non-hydrogen) atoms. The highest BCUT2D eigenvalue weighted by Crippen LogP contribution is 2.43. The molecular weight excluding hydrogens is 494 g/mol. The number of esters is 1. The Morgan fingerprint density at radius 1 is 0.848 bits per heavy atom. The van der Waals surface area contributed by atoms with Crippen molar-refractivity contribution in [2.75, 3.05) is 35.5 Å². The van der Waals surface area contributed by atoms with Gasteiger partial charge in [0.2, 0.25) is 0 Å².